The topological polar surface area (TPSA) is 111 Å². The third-order valence-electron chi connectivity index (χ3n) is 2.62. The van der Waals surface area contributed by atoms with Gasteiger partial charge < -0.3 is 15.5 Å². The molecule has 0 saturated heterocycles. The lowest BCUT2D eigenvalue weighted by atomic mass is 10.1. The Morgan fingerprint density at radius 1 is 1.25 bits per heavy atom. The minimum absolute atomic E-state index is 0.0386. The summed E-state index contributed by atoms with van der Waals surface area (Å²) in [7, 11) is 0. The Kier molecular flexibility index (Phi) is 3.79. The summed E-state index contributed by atoms with van der Waals surface area (Å²) in [4.78, 5) is 22.3. The molecule has 1 unspecified atom stereocenters. The standard InChI is InChI=1S/C13H14N4O3/c1-7-3-5-9(6-4-7)12-16-17-13(20-12)10(11(14)19)15-8(2)18/h3-6,10H,1-2H3,(H2,14,19)(H,15,18). The molecule has 0 bridgehead atoms. The average Bonchev–Trinajstić information content (AvgIpc) is 2.85. The molecule has 1 aromatic carbocycles. The zero-order chi connectivity index (χ0) is 14.7. The maximum absolute atomic E-state index is 11.3. The van der Waals surface area contributed by atoms with Gasteiger partial charge in [-0.2, -0.15) is 0 Å². The quantitative estimate of drug-likeness (QED) is 0.852. The van der Waals surface area contributed by atoms with Crippen LogP contribution in [0.25, 0.3) is 11.5 Å². The highest BCUT2D eigenvalue weighted by Gasteiger charge is 2.25. The molecule has 0 aliphatic heterocycles. The number of nitrogens with two attached hydrogens (primary N) is 1. The molecule has 2 amide bonds. The molecule has 2 aromatic rings. The normalized spacial score (nSPS) is 11.9. The van der Waals surface area contributed by atoms with Crippen LogP contribution in [0.1, 0.15) is 24.4 Å². The number of amides is 2. The summed E-state index contributed by atoms with van der Waals surface area (Å²) in [5, 5.41) is 9.97. The van der Waals surface area contributed by atoms with Crippen LogP contribution in [0.4, 0.5) is 0 Å². The summed E-state index contributed by atoms with van der Waals surface area (Å²) in [5.74, 6) is -0.955. The molecule has 3 N–H and O–H groups in total. The van der Waals surface area contributed by atoms with Crippen molar-refractivity contribution in [1.82, 2.24) is 15.5 Å². The smallest absolute Gasteiger partial charge is 0.249 e. The lowest BCUT2D eigenvalue weighted by Gasteiger charge is -2.08. The van der Waals surface area contributed by atoms with Crippen LogP contribution in [-0.2, 0) is 9.59 Å². The minimum Gasteiger partial charge on any atom is -0.418 e. The largest absolute Gasteiger partial charge is 0.418 e. The van der Waals surface area contributed by atoms with Gasteiger partial charge in [0.1, 0.15) is 0 Å². The van der Waals surface area contributed by atoms with Gasteiger partial charge in [-0.3, -0.25) is 9.59 Å². The molecule has 0 aliphatic carbocycles. The molecule has 7 nitrogen and oxygen atoms in total. The van der Waals surface area contributed by atoms with Crippen LogP contribution in [0.5, 0.6) is 0 Å². The Labute approximate surface area is 115 Å². The molecule has 104 valence electrons. The molecular weight excluding hydrogens is 260 g/mol. The third kappa shape index (κ3) is 3.00. The van der Waals surface area contributed by atoms with Crippen LogP contribution < -0.4 is 11.1 Å². The summed E-state index contributed by atoms with van der Waals surface area (Å²) in [6.45, 7) is 3.23. The monoisotopic (exact) mass is 274 g/mol. The number of nitrogens with one attached hydrogen (secondary N) is 1. The van der Waals surface area contributed by atoms with Gasteiger partial charge in [0.25, 0.3) is 0 Å². The Hall–Kier alpha value is -2.70. The first-order valence-electron chi connectivity index (χ1n) is 5.94. The van der Waals surface area contributed by atoms with Crippen LogP contribution >= 0.6 is 0 Å². The van der Waals surface area contributed by atoms with Crippen molar-refractivity contribution in [2.45, 2.75) is 19.9 Å². The Morgan fingerprint density at radius 2 is 1.90 bits per heavy atom. The van der Waals surface area contributed by atoms with Crippen molar-refractivity contribution < 1.29 is 14.0 Å². The average molecular weight is 274 g/mol. The van der Waals surface area contributed by atoms with E-state index >= 15 is 0 Å². The van der Waals surface area contributed by atoms with Crippen molar-refractivity contribution in [3.8, 4) is 11.5 Å². The zero-order valence-electron chi connectivity index (χ0n) is 11.1. The summed E-state index contributed by atoms with van der Waals surface area (Å²) in [6.07, 6.45) is 0. The fourth-order valence-electron chi connectivity index (χ4n) is 1.62. The summed E-state index contributed by atoms with van der Waals surface area (Å²) in [5.41, 5.74) is 7.02. The SMILES string of the molecule is CC(=O)NC(C(N)=O)c1nnc(-c2ccc(C)cc2)o1. The molecule has 0 aliphatic rings. The maximum Gasteiger partial charge on any atom is 0.249 e. The molecule has 0 fully saturated rings. The molecule has 0 radical (unpaired) electrons. The van der Waals surface area contributed by atoms with Crippen molar-refractivity contribution in [1.29, 1.82) is 0 Å². The van der Waals surface area contributed by atoms with Crippen molar-refractivity contribution in [2.24, 2.45) is 5.73 Å². The van der Waals surface area contributed by atoms with Crippen LogP contribution in [0.15, 0.2) is 28.7 Å². The van der Waals surface area contributed by atoms with E-state index in [1.807, 2.05) is 31.2 Å². The molecule has 0 spiro atoms. The van der Waals surface area contributed by atoms with E-state index in [1.165, 1.54) is 6.92 Å². The number of carbonyl (C=O) groups is 2. The number of hydrogen-bond donors (Lipinski definition) is 2. The van der Waals surface area contributed by atoms with Gasteiger partial charge in [0.15, 0.2) is 6.04 Å². The second-order valence-electron chi connectivity index (χ2n) is 4.35. The van der Waals surface area contributed by atoms with E-state index in [2.05, 4.69) is 15.5 Å². The lowest BCUT2D eigenvalue weighted by Crippen LogP contribution is -2.36. The first-order chi connectivity index (χ1) is 9.47. The molecular formula is C13H14N4O3. The fourth-order valence-corrected chi connectivity index (χ4v) is 1.62. The fraction of sp³-hybridized carbons (Fsp3) is 0.231. The van der Waals surface area contributed by atoms with Crippen LogP contribution in [-0.4, -0.2) is 22.0 Å². The van der Waals surface area contributed by atoms with Crippen LogP contribution in [0.3, 0.4) is 0 Å². The predicted octanol–water partition coefficient (Wildman–Crippen LogP) is 0.708. The van der Waals surface area contributed by atoms with Crippen molar-refractivity contribution in [3.05, 3.63) is 35.7 Å². The molecule has 1 aromatic heterocycles. The molecule has 0 saturated carbocycles. The van der Waals surface area contributed by atoms with Crippen LogP contribution in [0, 0.1) is 6.92 Å². The highest BCUT2D eigenvalue weighted by molar-refractivity contribution is 5.85. The first-order valence-corrected chi connectivity index (χ1v) is 5.94. The third-order valence-corrected chi connectivity index (χ3v) is 2.62. The molecule has 1 heterocycles. The summed E-state index contributed by atoms with van der Waals surface area (Å²) < 4.78 is 5.40. The van der Waals surface area contributed by atoms with E-state index in [9.17, 15) is 9.59 Å². The zero-order valence-corrected chi connectivity index (χ0v) is 11.1. The second kappa shape index (κ2) is 5.52. The van der Waals surface area contributed by atoms with Gasteiger partial charge in [0, 0.05) is 12.5 Å². The predicted molar refractivity (Wildman–Crippen MR) is 70.2 cm³/mol. The number of hydrogen-bond acceptors (Lipinski definition) is 5. The Morgan fingerprint density at radius 3 is 2.45 bits per heavy atom. The Balaban J connectivity index is 2.29. The number of rotatable bonds is 4. The summed E-state index contributed by atoms with van der Waals surface area (Å²) >= 11 is 0. The molecule has 2 rings (SSSR count). The second-order valence-corrected chi connectivity index (χ2v) is 4.35. The highest BCUT2D eigenvalue weighted by Crippen LogP contribution is 2.21. The van der Waals surface area contributed by atoms with Crippen molar-refractivity contribution >= 4 is 11.8 Å². The van der Waals surface area contributed by atoms with Gasteiger partial charge in [-0.1, -0.05) is 17.7 Å². The van der Waals surface area contributed by atoms with E-state index in [0.29, 0.717) is 0 Å². The summed E-state index contributed by atoms with van der Waals surface area (Å²) in [6, 6.07) is 6.32. The van der Waals surface area contributed by atoms with Crippen molar-refractivity contribution in [2.75, 3.05) is 0 Å². The van der Waals surface area contributed by atoms with Gasteiger partial charge in [-0.05, 0) is 19.1 Å². The molecule has 20 heavy (non-hydrogen) atoms. The maximum atomic E-state index is 11.3. The first kappa shape index (κ1) is 13.7. The number of primary amides is 1. The van der Waals surface area contributed by atoms with E-state index < -0.39 is 17.9 Å². The van der Waals surface area contributed by atoms with Crippen molar-refractivity contribution in [3.63, 3.8) is 0 Å². The Bertz CT molecular complexity index is 633. The van der Waals surface area contributed by atoms with E-state index in [-0.39, 0.29) is 11.8 Å². The molecule has 1 atom stereocenters. The highest BCUT2D eigenvalue weighted by atomic mass is 16.4. The van der Waals surface area contributed by atoms with Gasteiger partial charge in [0.05, 0.1) is 0 Å². The van der Waals surface area contributed by atoms with Gasteiger partial charge in [-0.25, -0.2) is 0 Å². The number of aromatic nitrogens is 2. The van der Waals surface area contributed by atoms with Gasteiger partial charge in [-0.15, -0.1) is 10.2 Å². The molecule has 7 heteroatoms. The van der Waals surface area contributed by atoms with E-state index in [4.69, 9.17) is 10.2 Å². The van der Waals surface area contributed by atoms with E-state index in [0.717, 1.165) is 11.1 Å². The number of carbonyl (C=O) groups excluding carboxylic acids is 2. The number of benzene rings is 1. The minimum atomic E-state index is -1.13. The number of aryl methyl sites for hydroxylation is 1. The van der Waals surface area contributed by atoms with E-state index in [1.54, 1.807) is 0 Å². The lowest BCUT2D eigenvalue weighted by molar-refractivity contribution is -0.126. The number of nitrogens with zero attached hydrogens (tertiary/aromatic N) is 2. The van der Waals surface area contributed by atoms with Gasteiger partial charge >= 0.3 is 0 Å². The van der Waals surface area contributed by atoms with Crippen LogP contribution in [0.2, 0.25) is 0 Å². The van der Waals surface area contributed by atoms with Gasteiger partial charge in [0.2, 0.25) is 23.6 Å².